The van der Waals surface area contributed by atoms with E-state index >= 15 is 0 Å². The number of rotatable bonds is 19. The number of carbonyl (C=O) groups excluding carboxylic acids is 4. The van der Waals surface area contributed by atoms with Gasteiger partial charge in [0.25, 0.3) is 0 Å². The number of H-pyrrole nitrogens is 1. The summed E-state index contributed by atoms with van der Waals surface area (Å²) >= 11 is 0. The van der Waals surface area contributed by atoms with Crippen LogP contribution in [0, 0.1) is 23.7 Å². The van der Waals surface area contributed by atoms with E-state index in [1.54, 1.807) is 26.2 Å². The van der Waals surface area contributed by atoms with Crippen LogP contribution in [0.4, 0.5) is 0 Å². The van der Waals surface area contributed by atoms with Crippen LogP contribution in [0.2, 0.25) is 0 Å². The lowest BCUT2D eigenvalue weighted by molar-refractivity contribution is -0.147. The Morgan fingerprint density at radius 3 is 2.35 bits per heavy atom. The Bertz CT molecular complexity index is 1560. The summed E-state index contributed by atoms with van der Waals surface area (Å²) in [7, 11) is 4.91. The fraction of sp³-hybridized carbons (Fsp3) is 0.725. The van der Waals surface area contributed by atoms with E-state index in [0.717, 1.165) is 37.7 Å². The van der Waals surface area contributed by atoms with Crippen molar-refractivity contribution in [1.82, 2.24) is 46.4 Å². The number of benzene rings is 1. The van der Waals surface area contributed by atoms with Crippen molar-refractivity contribution >= 4 is 23.6 Å². The molecule has 15 nitrogen and oxygen atoms in total. The van der Waals surface area contributed by atoms with E-state index in [-0.39, 0.29) is 54.0 Å². The van der Waals surface area contributed by atoms with E-state index in [1.165, 1.54) is 0 Å². The molecule has 0 spiro atoms. The molecule has 5 rings (SSSR count). The summed E-state index contributed by atoms with van der Waals surface area (Å²) in [6, 6.07) is 7.87. The number of aromatic amines is 1. The average Bonchev–Trinajstić information content (AvgIpc) is 4.03. The van der Waals surface area contributed by atoms with Crippen molar-refractivity contribution in [3.8, 4) is 0 Å². The molecule has 3 fully saturated rings. The fourth-order valence-corrected chi connectivity index (χ4v) is 9.11. The topological polar surface area (TPSA) is 184 Å². The van der Waals surface area contributed by atoms with Crippen molar-refractivity contribution in [2.24, 2.45) is 23.7 Å². The molecule has 2 aliphatic heterocycles. The molecule has 1 aromatic heterocycles. The molecule has 4 N–H and O–H groups in total. The molecule has 2 saturated heterocycles. The normalized spacial score (nSPS) is 24.5. The minimum atomic E-state index is -0.719. The van der Waals surface area contributed by atoms with Crippen LogP contribution in [0.1, 0.15) is 97.0 Å². The minimum Gasteiger partial charge on any atom is -0.379 e. The van der Waals surface area contributed by atoms with Gasteiger partial charge in [-0.15, -0.1) is 10.2 Å². The second kappa shape index (κ2) is 19.3. The lowest BCUT2D eigenvalue weighted by Crippen LogP contribution is -2.59. The first kappa shape index (κ1) is 42.2. The minimum absolute atomic E-state index is 0.00435. The highest BCUT2D eigenvalue weighted by molar-refractivity contribution is 5.90. The number of nitrogens with zero attached hydrogens (tertiary/aromatic N) is 5. The number of hydrogen-bond donors (Lipinski definition) is 4. The standard InChI is InChI=1S/C40H63N9O6/c1-9-24(4)35(48(6)40(53)33(23(2)3)43-39(52)34-27-17-18-28(21-27)41-34)31(54-7)22-32(50)49-19-13-16-30(49)36(55-8)25(5)38(51)42-29(37-44-46-47-45-37)20-26-14-11-10-12-15-26/h10-12,14-15,23-25,27-31,33-36,41H,9,13,16-22H2,1-8H3,(H,42,51)(H,43,52)(H,44,45,46,47)/t24-,25+,27-,28+,29-,30?,31+,33?,34-,35-,36+/m0/s1. The molecule has 55 heavy (non-hydrogen) atoms. The first-order chi connectivity index (χ1) is 26.4. The van der Waals surface area contributed by atoms with Gasteiger partial charge in [-0.25, -0.2) is 0 Å². The third kappa shape index (κ3) is 9.90. The molecular weight excluding hydrogens is 702 g/mol. The molecule has 4 amide bonds. The van der Waals surface area contributed by atoms with Gasteiger partial charge in [0.05, 0.1) is 48.7 Å². The molecular formula is C40H63N9O6. The Balaban J connectivity index is 1.26. The van der Waals surface area contributed by atoms with Crippen molar-refractivity contribution in [2.75, 3.05) is 27.8 Å². The number of likely N-dealkylation sites (tertiary alicyclic amines) is 1. The maximum Gasteiger partial charge on any atom is 0.245 e. The molecule has 1 saturated carbocycles. The molecule has 2 aromatic rings. The number of fused-ring (bicyclic) bond motifs is 2. The summed E-state index contributed by atoms with van der Waals surface area (Å²) in [6.45, 7) is 10.3. The smallest absolute Gasteiger partial charge is 0.245 e. The molecule has 3 heterocycles. The number of aromatic nitrogens is 4. The molecule has 3 aliphatic rings. The Labute approximate surface area is 325 Å². The molecule has 2 unspecified atom stereocenters. The largest absolute Gasteiger partial charge is 0.379 e. The van der Waals surface area contributed by atoms with Crippen LogP contribution in [-0.4, -0.2) is 124 Å². The first-order valence-electron chi connectivity index (χ1n) is 20.1. The van der Waals surface area contributed by atoms with Gasteiger partial charge < -0.3 is 35.2 Å². The van der Waals surface area contributed by atoms with Gasteiger partial charge in [-0.1, -0.05) is 76.6 Å². The van der Waals surface area contributed by atoms with Gasteiger partial charge in [-0.3, -0.25) is 19.2 Å². The molecule has 1 aromatic carbocycles. The van der Waals surface area contributed by atoms with Crippen molar-refractivity contribution in [3.63, 3.8) is 0 Å². The molecule has 2 bridgehead atoms. The van der Waals surface area contributed by atoms with Gasteiger partial charge >= 0.3 is 0 Å². The maximum atomic E-state index is 14.3. The third-order valence-corrected chi connectivity index (χ3v) is 12.4. The monoisotopic (exact) mass is 765 g/mol. The molecule has 11 atom stereocenters. The van der Waals surface area contributed by atoms with E-state index in [9.17, 15) is 19.2 Å². The Hall–Kier alpha value is -3.95. The van der Waals surface area contributed by atoms with E-state index in [1.807, 2.05) is 56.0 Å². The van der Waals surface area contributed by atoms with Crippen LogP contribution in [0.25, 0.3) is 0 Å². The van der Waals surface area contributed by atoms with Crippen LogP contribution >= 0.6 is 0 Å². The number of amides is 4. The SMILES string of the molecule is CC[C@H](C)[C@@H]([C@@H](CC(=O)N1CCCC1[C@H](OC)[C@@H](C)C(=O)N[C@@H](Cc1ccccc1)c1nn[nH]n1)OC)N(C)C(=O)C(NC(=O)[C@H]1N[C@@H]2CC[C@H]1C2)C(C)C. The maximum absolute atomic E-state index is 14.3. The number of piperidine rings is 1. The van der Waals surface area contributed by atoms with E-state index in [4.69, 9.17) is 9.47 Å². The van der Waals surface area contributed by atoms with Crippen LogP contribution in [0.5, 0.6) is 0 Å². The number of likely N-dealkylation sites (N-methyl/N-ethyl adjacent to an activating group) is 1. The Morgan fingerprint density at radius 1 is 1.02 bits per heavy atom. The van der Waals surface area contributed by atoms with Crippen LogP contribution in [0.3, 0.4) is 0 Å². The van der Waals surface area contributed by atoms with Crippen LogP contribution < -0.4 is 16.0 Å². The number of methoxy groups -OCH3 is 2. The van der Waals surface area contributed by atoms with Crippen molar-refractivity contribution in [3.05, 3.63) is 41.7 Å². The summed E-state index contributed by atoms with van der Waals surface area (Å²) in [5, 5.41) is 24.1. The quantitative estimate of drug-likeness (QED) is 0.166. The van der Waals surface area contributed by atoms with E-state index in [0.29, 0.717) is 37.2 Å². The zero-order valence-corrected chi connectivity index (χ0v) is 33.9. The van der Waals surface area contributed by atoms with Crippen molar-refractivity contribution in [1.29, 1.82) is 0 Å². The summed E-state index contributed by atoms with van der Waals surface area (Å²) in [5.74, 6) is -0.763. The summed E-state index contributed by atoms with van der Waals surface area (Å²) in [6.07, 6.45) is 4.65. The predicted molar refractivity (Wildman–Crippen MR) is 206 cm³/mol. The number of hydrogen-bond acceptors (Lipinski definition) is 10. The summed E-state index contributed by atoms with van der Waals surface area (Å²) in [4.78, 5) is 59.3. The Morgan fingerprint density at radius 2 is 1.76 bits per heavy atom. The van der Waals surface area contributed by atoms with Gasteiger partial charge in [-0.05, 0) is 55.4 Å². The van der Waals surface area contributed by atoms with Crippen LogP contribution in [-0.2, 0) is 35.1 Å². The van der Waals surface area contributed by atoms with Crippen molar-refractivity contribution < 1.29 is 28.7 Å². The zero-order valence-electron chi connectivity index (χ0n) is 33.9. The number of carbonyl (C=O) groups is 4. The molecule has 0 radical (unpaired) electrons. The summed E-state index contributed by atoms with van der Waals surface area (Å²) < 4.78 is 12.1. The second-order valence-corrected chi connectivity index (χ2v) is 16.3. The van der Waals surface area contributed by atoms with E-state index < -0.39 is 36.3 Å². The average molecular weight is 766 g/mol. The third-order valence-electron chi connectivity index (χ3n) is 12.4. The highest BCUT2D eigenvalue weighted by Gasteiger charge is 2.46. The summed E-state index contributed by atoms with van der Waals surface area (Å²) in [5.41, 5.74) is 1.01. The number of tetrazole rings is 1. The molecule has 304 valence electrons. The fourth-order valence-electron chi connectivity index (χ4n) is 9.11. The number of ether oxygens (including phenoxy) is 2. The van der Waals surface area contributed by atoms with Gasteiger partial charge in [0.2, 0.25) is 23.6 Å². The molecule has 15 heteroatoms. The zero-order chi connectivity index (χ0) is 39.8. The number of nitrogens with one attached hydrogen (secondary N) is 4. The van der Waals surface area contributed by atoms with Crippen LogP contribution in [0.15, 0.2) is 30.3 Å². The van der Waals surface area contributed by atoms with E-state index in [2.05, 4.69) is 50.4 Å². The van der Waals surface area contributed by atoms with Gasteiger partial charge in [0.15, 0.2) is 5.82 Å². The molecule has 1 aliphatic carbocycles. The lowest BCUT2D eigenvalue weighted by Gasteiger charge is -2.41. The first-order valence-corrected chi connectivity index (χ1v) is 20.1. The predicted octanol–water partition coefficient (Wildman–Crippen LogP) is 2.80. The highest BCUT2D eigenvalue weighted by Crippen LogP contribution is 2.35. The van der Waals surface area contributed by atoms with Gasteiger partial charge in [0, 0.05) is 40.3 Å². The second-order valence-electron chi connectivity index (χ2n) is 16.3. The van der Waals surface area contributed by atoms with Crippen molar-refractivity contribution in [2.45, 2.75) is 134 Å². The Kier molecular flexibility index (Phi) is 14.8. The lowest BCUT2D eigenvalue weighted by atomic mass is 9.89. The van der Waals surface area contributed by atoms with Gasteiger partial charge in [0.1, 0.15) is 6.04 Å². The van der Waals surface area contributed by atoms with Gasteiger partial charge in [-0.2, -0.15) is 5.21 Å². The highest BCUT2D eigenvalue weighted by atomic mass is 16.5.